The Bertz CT molecular complexity index is 775. The normalized spacial score (nSPS) is 10.7. The van der Waals surface area contributed by atoms with Crippen LogP contribution < -0.4 is 0 Å². The Morgan fingerprint density at radius 3 is 2.48 bits per heavy atom. The summed E-state index contributed by atoms with van der Waals surface area (Å²) in [4.78, 5) is 17.0. The maximum atomic E-state index is 12.5. The topological polar surface area (TPSA) is 30.0 Å². The van der Waals surface area contributed by atoms with Gasteiger partial charge in [0.25, 0.3) is 0 Å². The molecule has 0 bridgehead atoms. The van der Waals surface area contributed by atoms with Gasteiger partial charge in [0.1, 0.15) is 5.69 Å². The number of aromatic nitrogens is 1. The lowest BCUT2D eigenvalue weighted by molar-refractivity contribution is 0.103. The van der Waals surface area contributed by atoms with Gasteiger partial charge in [0.05, 0.1) is 5.52 Å². The zero-order valence-electron chi connectivity index (χ0n) is 12.0. The second kappa shape index (κ2) is 5.88. The van der Waals surface area contributed by atoms with E-state index >= 15 is 0 Å². The molecule has 0 radical (unpaired) electrons. The van der Waals surface area contributed by atoms with E-state index in [1.807, 2.05) is 54.6 Å². The van der Waals surface area contributed by atoms with Gasteiger partial charge in [0, 0.05) is 10.9 Å². The molecule has 21 heavy (non-hydrogen) atoms. The first kappa shape index (κ1) is 13.5. The van der Waals surface area contributed by atoms with Crippen LogP contribution in [0.1, 0.15) is 35.0 Å². The summed E-state index contributed by atoms with van der Waals surface area (Å²) >= 11 is 0. The Morgan fingerprint density at radius 1 is 0.952 bits per heavy atom. The van der Waals surface area contributed by atoms with Crippen molar-refractivity contribution in [2.24, 2.45) is 0 Å². The van der Waals surface area contributed by atoms with E-state index in [2.05, 4.69) is 11.9 Å². The van der Waals surface area contributed by atoms with Gasteiger partial charge in [-0.25, -0.2) is 4.98 Å². The molecule has 2 heteroatoms. The lowest BCUT2D eigenvalue weighted by atomic mass is 10.0. The minimum Gasteiger partial charge on any atom is -0.287 e. The average Bonchev–Trinajstić information content (AvgIpc) is 2.55. The van der Waals surface area contributed by atoms with Crippen LogP contribution in [0.15, 0.2) is 60.7 Å². The van der Waals surface area contributed by atoms with Gasteiger partial charge in [-0.15, -0.1) is 0 Å². The molecule has 0 saturated heterocycles. The molecular weight excluding hydrogens is 258 g/mol. The second-order valence-corrected chi connectivity index (χ2v) is 5.17. The van der Waals surface area contributed by atoms with Crippen molar-refractivity contribution in [1.29, 1.82) is 0 Å². The van der Waals surface area contributed by atoms with Gasteiger partial charge in [-0.1, -0.05) is 61.9 Å². The Labute approximate surface area is 124 Å². The highest BCUT2D eigenvalue weighted by Crippen LogP contribution is 2.15. The molecule has 0 saturated carbocycles. The third-order valence-corrected chi connectivity index (χ3v) is 3.59. The Hall–Kier alpha value is -2.48. The smallest absolute Gasteiger partial charge is 0.211 e. The molecule has 1 heterocycles. The standard InChI is InChI=1S/C19H17NO/c1-2-5-14-8-10-16(11-9-14)19(21)18-13-12-15-6-3-4-7-17(15)20-18/h3-4,6-13H,2,5H2,1H3. The van der Waals surface area contributed by atoms with E-state index in [1.54, 1.807) is 6.07 Å². The SMILES string of the molecule is CCCc1ccc(C(=O)c2ccc3ccccc3n2)cc1. The van der Waals surface area contributed by atoms with Crippen molar-refractivity contribution in [3.05, 3.63) is 77.5 Å². The molecule has 0 atom stereocenters. The van der Waals surface area contributed by atoms with Gasteiger partial charge in [0.2, 0.25) is 5.78 Å². The number of pyridine rings is 1. The van der Waals surface area contributed by atoms with Gasteiger partial charge in [-0.05, 0) is 24.1 Å². The van der Waals surface area contributed by atoms with Crippen LogP contribution in [-0.4, -0.2) is 10.8 Å². The number of ketones is 1. The largest absolute Gasteiger partial charge is 0.287 e. The summed E-state index contributed by atoms with van der Waals surface area (Å²) in [5.74, 6) is -0.0243. The van der Waals surface area contributed by atoms with Crippen molar-refractivity contribution in [2.45, 2.75) is 19.8 Å². The van der Waals surface area contributed by atoms with E-state index < -0.39 is 0 Å². The van der Waals surface area contributed by atoms with Crippen LogP contribution in [0.3, 0.4) is 0 Å². The molecule has 0 aliphatic heterocycles. The molecule has 0 aliphatic carbocycles. The minimum absolute atomic E-state index is 0.0243. The van der Waals surface area contributed by atoms with E-state index in [4.69, 9.17) is 0 Å². The third-order valence-electron chi connectivity index (χ3n) is 3.59. The lowest BCUT2D eigenvalue weighted by Gasteiger charge is -2.04. The fourth-order valence-electron chi connectivity index (χ4n) is 2.45. The first-order chi connectivity index (χ1) is 10.3. The molecule has 2 aromatic carbocycles. The van der Waals surface area contributed by atoms with Crippen molar-refractivity contribution in [1.82, 2.24) is 4.98 Å². The number of benzene rings is 2. The van der Waals surface area contributed by atoms with Crippen LogP contribution in [0.4, 0.5) is 0 Å². The number of hydrogen-bond acceptors (Lipinski definition) is 2. The quantitative estimate of drug-likeness (QED) is 0.660. The van der Waals surface area contributed by atoms with Gasteiger partial charge in [-0.2, -0.15) is 0 Å². The first-order valence-corrected chi connectivity index (χ1v) is 7.27. The predicted octanol–water partition coefficient (Wildman–Crippen LogP) is 4.42. The Kier molecular flexibility index (Phi) is 3.78. The van der Waals surface area contributed by atoms with Crippen LogP contribution >= 0.6 is 0 Å². The van der Waals surface area contributed by atoms with E-state index in [-0.39, 0.29) is 5.78 Å². The van der Waals surface area contributed by atoms with Gasteiger partial charge < -0.3 is 0 Å². The molecule has 0 fully saturated rings. The zero-order chi connectivity index (χ0) is 14.7. The molecule has 3 rings (SSSR count). The molecule has 2 nitrogen and oxygen atoms in total. The number of carbonyl (C=O) groups is 1. The van der Waals surface area contributed by atoms with Crippen LogP contribution in [0, 0.1) is 0 Å². The Morgan fingerprint density at radius 2 is 1.71 bits per heavy atom. The van der Waals surface area contributed by atoms with Crippen molar-refractivity contribution < 1.29 is 4.79 Å². The van der Waals surface area contributed by atoms with Crippen LogP contribution in [0.5, 0.6) is 0 Å². The molecule has 0 aliphatic rings. The van der Waals surface area contributed by atoms with Crippen LogP contribution in [0.25, 0.3) is 10.9 Å². The van der Waals surface area contributed by atoms with E-state index in [0.29, 0.717) is 11.3 Å². The molecule has 0 spiro atoms. The van der Waals surface area contributed by atoms with Gasteiger partial charge in [0.15, 0.2) is 0 Å². The number of hydrogen-bond donors (Lipinski definition) is 0. The Balaban J connectivity index is 1.92. The maximum absolute atomic E-state index is 12.5. The van der Waals surface area contributed by atoms with E-state index in [9.17, 15) is 4.79 Å². The molecule has 1 aromatic heterocycles. The highest BCUT2D eigenvalue weighted by atomic mass is 16.1. The number of rotatable bonds is 4. The monoisotopic (exact) mass is 275 g/mol. The van der Waals surface area contributed by atoms with Crippen LogP contribution in [0.2, 0.25) is 0 Å². The lowest BCUT2D eigenvalue weighted by Crippen LogP contribution is -2.04. The van der Waals surface area contributed by atoms with E-state index in [0.717, 1.165) is 23.7 Å². The summed E-state index contributed by atoms with van der Waals surface area (Å²) < 4.78 is 0. The summed E-state index contributed by atoms with van der Waals surface area (Å²) in [6, 6.07) is 19.4. The molecule has 0 amide bonds. The molecular formula is C19H17NO. The summed E-state index contributed by atoms with van der Waals surface area (Å²) in [6.45, 7) is 2.15. The predicted molar refractivity (Wildman–Crippen MR) is 85.6 cm³/mol. The molecule has 3 aromatic rings. The summed E-state index contributed by atoms with van der Waals surface area (Å²) in [5, 5.41) is 1.05. The van der Waals surface area contributed by atoms with E-state index in [1.165, 1.54) is 5.56 Å². The first-order valence-electron chi connectivity index (χ1n) is 7.27. The fraction of sp³-hybridized carbons (Fsp3) is 0.158. The molecule has 0 unspecified atom stereocenters. The van der Waals surface area contributed by atoms with Crippen molar-refractivity contribution in [3.63, 3.8) is 0 Å². The summed E-state index contributed by atoms with van der Waals surface area (Å²) in [7, 11) is 0. The number of aryl methyl sites for hydroxylation is 1. The highest BCUT2D eigenvalue weighted by molar-refractivity contribution is 6.08. The van der Waals surface area contributed by atoms with Crippen molar-refractivity contribution >= 4 is 16.7 Å². The summed E-state index contributed by atoms with van der Waals surface area (Å²) in [5.41, 5.74) is 3.31. The number of carbonyl (C=O) groups excluding carboxylic acids is 1. The average molecular weight is 275 g/mol. The van der Waals surface area contributed by atoms with Gasteiger partial charge in [-0.3, -0.25) is 4.79 Å². The number of para-hydroxylation sites is 1. The van der Waals surface area contributed by atoms with Crippen LogP contribution in [-0.2, 0) is 6.42 Å². The van der Waals surface area contributed by atoms with Crippen molar-refractivity contribution in [3.8, 4) is 0 Å². The second-order valence-electron chi connectivity index (χ2n) is 5.17. The van der Waals surface area contributed by atoms with Gasteiger partial charge >= 0.3 is 0 Å². The molecule has 0 N–H and O–H groups in total. The summed E-state index contributed by atoms with van der Waals surface area (Å²) in [6.07, 6.45) is 2.15. The third kappa shape index (κ3) is 2.84. The molecule has 104 valence electrons. The highest BCUT2D eigenvalue weighted by Gasteiger charge is 2.11. The number of nitrogens with zero attached hydrogens (tertiary/aromatic N) is 1. The maximum Gasteiger partial charge on any atom is 0.211 e. The minimum atomic E-state index is -0.0243. The fourth-order valence-corrected chi connectivity index (χ4v) is 2.45. The van der Waals surface area contributed by atoms with Crippen molar-refractivity contribution in [2.75, 3.05) is 0 Å². The zero-order valence-corrected chi connectivity index (χ0v) is 12.0. The number of fused-ring (bicyclic) bond motifs is 1.